The molecule has 0 aliphatic heterocycles. The maximum Gasteiger partial charge on any atom is 0.178 e. The van der Waals surface area contributed by atoms with Gasteiger partial charge in [-0.25, -0.2) is 8.42 Å². The zero-order chi connectivity index (χ0) is 14.5. The van der Waals surface area contributed by atoms with Crippen molar-refractivity contribution in [3.63, 3.8) is 0 Å². The van der Waals surface area contributed by atoms with Gasteiger partial charge in [0, 0.05) is 17.4 Å². The Morgan fingerprint density at radius 1 is 1.11 bits per heavy atom. The van der Waals surface area contributed by atoms with Crippen molar-refractivity contribution < 1.29 is 8.42 Å². The van der Waals surface area contributed by atoms with Crippen LogP contribution in [-0.4, -0.2) is 31.5 Å². The number of benzene rings is 1. The molecule has 19 heavy (non-hydrogen) atoms. The summed E-state index contributed by atoms with van der Waals surface area (Å²) in [5.74, 6) is 0.881. The van der Waals surface area contributed by atoms with Gasteiger partial charge in [0.05, 0.1) is 16.2 Å². The summed E-state index contributed by atoms with van der Waals surface area (Å²) < 4.78 is 23.4. The number of hydrogen-bond acceptors (Lipinski definition) is 3. The minimum Gasteiger partial charge on any atom is -0.377 e. The molecule has 0 amide bonds. The molecule has 0 heterocycles. The third-order valence-corrected chi connectivity index (χ3v) is 5.97. The molecule has 0 unspecified atom stereocenters. The van der Waals surface area contributed by atoms with Crippen LogP contribution in [0.1, 0.15) is 20.3 Å². The fourth-order valence-electron chi connectivity index (χ4n) is 1.60. The van der Waals surface area contributed by atoms with Gasteiger partial charge in [0.25, 0.3) is 0 Å². The highest BCUT2D eigenvalue weighted by Crippen LogP contribution is 2.23. The van der Waals surface area contributed by atoms with E-state index in [-0.39, 0.29) is 11.3 Å². The summed E-state index contributed by atoms with van der Waals surface area (Å²) in [6.07, 6.45) is 0.787. The molecule has 0 spiro atoms. The van der Waals surface area contributed by atoms with Gasteiger partial charge in [-0.1, -0.05) is 13.8 Å². The lowest BCUT2D eigenvalue weighted by molar-refractivity contribution is 0.560. The Kier molecular flexibility index (Phi) is 5.96. The smallest absolute Gasteiger partial charge is 0.178 e. The van der Waals surface area contributed by atoms with E-state index in [1.807, 2.05) is 6.92 Å². The topological polar surface area (TPSA) is 46.2 Å². The highest BCUT2D eigenvalue weighted by Gasteiger charge is 2.25. The van der Waals surface area contributed by atoms with Crippen molar-refractivity contribution in [2.24, 2.45) is 0 Å². The van der Waals surface area contributed by atoms with E-state index in [9.17, 15) is 8.42 Å². The quantitative estimate of drug-likeness (QED) is 0.781. The number of halogens is 2. The minimum atomic E-state index is -3.16. The predicted octanol–water partition coefficient (Wildman–Crippen LogP) is 3.52. The van der Waals surface area contributed by atoms with Crippen molar-refractivity contribution in [2.45, 2.75) is 30.7 Å². The van der Waals surface area contributed by atoms with Crippen molar-refractivity contribution in [2.75, 3.05) is 22.8 Å². The SMILES string of the molecule is CCC(CCl)(CCl)Nc1ccc(S(=O)(=O)CC)cc1. The Balaban J connectivity index is 2.94. The van der Waals surface area contributed by atoms with Crippen LogP contribution in [0.25, 0.3) is 0 Å². The number of rotatable bonds is 7. The molecule has 0 aromatic heterocycles. The summed E-state index contributed by atoms with van der Waals surface area (Å²) in [5.41, 5.74) is 0.451. The first-order valence-corrected chi connectivity index (χ1v) is 8.88. The second-order valence-electron chi connectivity index (χ2n) is 4.45. The van der Waals surface area contributed by atoms with E-state index in [1.54, 1.807) is 31.2 Å². The van der Waals surface area contributed by atoms with Crippen molar-refractivity contribution in [3.05, 3.63) is 24.3 Å². The number of nitrogens with one attached hydrogen (secondary N) is 1. The van der Waals surface area contributed by atoms with Gasteiger partial charge in [-0.05, 0) is 30.7 Å². The summed E-state index contributed by atoms with van der Waals surface area (Å²) in [6, 6.07) is 6.69. The van der Waals surface area contributed by atoms with E-state index in [0.717, 1.165) is 12.1 Å². The molecule has 108 valence electrons. The fourth-order valence-corrected chi connectivity index (χ4v) is 3.28. The number of sulfone groups is 1. The van der Waals surface area contributed by atoms with Crippen LogP contribution in [0.3, 0.4) is 0 Å². The van der Waals surface area contributed by atoms with Crippen LogP contribution >= 0.6 is 23.2 Å². The van der Waals surface area contributed by atoms with Gasteiger partial charge in [-0.15, -0.1) is 23.2 Å². The van der Waals surface area contributed by atoms with Gasteiger partial charge >= 0.3 is 0 Å². The molecule has 0 radical (unpaired) electrons. The molecule has 0 fully saturated rings. The van der Waals surface area contributed by atoms with Crippen LogP contribution in [0.5, 0.6) is 0 Å². The molecule has 0 aliphatic carbocycles. The van der Waals surface area contributed by atoms with E-state index in [1.165, 1.54) is 0 Å². The molecular weight excluding hydrogens is 305 g/mol. The maximum absolute atomic E-state index is 11.7. The molecule has 0 saturated heterocycles. The highest BCUT2D eigenvalue weighted by atomic mass is 35.5. The molecule has 0 aliphatic rings. The highest BCUT2D eigenvalue weighted by molar-refractivity contribution is 7.91. The lowest BCUT2D eigenvalue weighted by atomic mass is 10.0. The Morgan fingerprint density at radius 3 is 2.00 bits per heavy atom. The van der Waals surface area contributed by atoms with Gasteiger partial charge < -0.3 is 5.32 Å². The second kappa shape index (κ2) is 6.82. The zero-order valence-corrected chi connectivity index (χ0v) is 13.4. The first-order chi connectivity index (χ1) is 8.93. The average Bonchev–Trinajstić information content (AvgIpc) is 2.45. The third-order valence-electron chi connectivity index (χ3n) is 3.19. The summed E-state index contributed by atoms with van der Waals surface area (Å²) in [6.45, 7) is 3.64. The molecule has 1 N–H and O–H groups in total. The van der Waals surface area contributed by atoms with Gasteiger partial charge in [-0.3, -0.25) is 0 Å². The van der Waals surface area contributed by atoms with Crippen molar-refractivity contribution in [1.82, 2.24) is 0 Å². The lowest BCUT2D eigenvalue weighted by Crippen LogP contribution is -2.41. The average molecular weight is 324 g/mol. The Labute approximate surface area is 125 Å². The molecule has 1 aromatic carbocycles. The number of anilines is 1. The monoisotopic (exact) mass is 323 g/mol. The predicted molar refractivity (Wildman–Crippen MR) is 82.3 cm³/mol. The van der Waals surface area contributed by atoms with Crippen LogP contribution in [0.4, 0.5) is 5.69 Å². The van der Waals surface area contributed by atoms with E-state index in [4.69, 9.17) is 23.2 Å². The molecule has 0 saturated carbocycles. The van der Waals surface area contributed by atoms with Gasteiger partial charge in [0.15, 0.2) is 9.84 Å². The number of alkyl halides is 2. The Morgan fingerprint density at radius 2 is 1.63 bits per heavy atom. The molecule has 0 bridgehead atoms. The zero-order valence-electron chi connectivity index (χ0n) is 11.1. The van der Waals surface area contributed by atoms with E-state index >= 15 is 0 Å². The molecule has 3 nitrogen and oxygen atoms in total. The van der Waals surface area contributed by atoms with E-state index in [2.05, 4.69) is 5.32 Å². The molecular formula is C13H19Cl2NO2S. The minimum absolute atomic E-state index is 0.0992. The normalized spacial score (nSPS) is 12.4. The van der Waals surface area contributed by atoms with E-state index in [0.29, 0.717) is 16.7 Å². The fraction of sp³-hybridized carbons (Fsp3) is 0.538. The van der Waals surface area contributed by atoms with Crippen molar-refractivity contribution >= 4 is 38.7 Å². The van der Waals surface area contributed by atoms with Crippen molar-refractivity contribution in [3.8, 4) is 0 Å². The summed E-state index contributed by atoms with van der Waals surface area (Å²) >= 11 is 11.9. The first-order valence-electron chi connectivity index (χ1n) is 6.16. The summed E-state index contributed by atoms with van der Waals surface area (Å²) in [7, 11) is -3.16. The molecule has 1 rings (SSSR count). The third kappa shape index (κ3) is 4.01. The van der Waals surface area contributed by atoms with Crippen LogP contribution in [0.2, 0.25) is 0 Å². The maximum atomic E-state index is 11.7. The lowest BCUT2D eigenvalue weighted by Gasteiger charge is -2.30. The molecule has 0 atom stereocenters. The second-order valence-corrected chi connectivity index (χ2v) is 7.27. The van der Waals surface area contributed by atoms with Crippen LogP contribution in [0.15, 0.2) is 29.2 Å². The van der Waals surface area contributed by atoms with Crippen molar-refractivity contribution in [1.29, 1.82) is 0 Å². The first kappa shape index (κ1) is 16.6. The standard InChI is InChI=1S/C13H19Cl2NO2S/c1-3-13(9-14,10-15)16-11-5-7-12(8-6-11)19(17,18)4-2/h5-8,16H,3-4,9-10H2,1-2H3. The van der Waals surface area contributed by atoms with Crippen LogP contribution in [0, 0.1) is 0 Å². The van der Waals surface area contributed by atoms with Crippen LogP contribution < -0.4 is 5.32 Å². The van der Waals surface area contributed by atoms with Gasteiger partial charge in [0.1, 0.15) is 0 Å². The molecule has 6 heteroatoms. The number of hydrogen-bond donors (Lipinski definition) is 1. The van der Waals surface area contributed by atoms with Gasteiger partial charge in [-0.2, -0.15) is 0 Å². The van der Waals surface area contributed by atoms with E-state index < -0.39 is 9.84 Å². The Bertz CT molecular complexity index is 488. The largest absolute Gasteiger partial charge is 0.377 e. The summed E-state index contributed by atoms with van der Waals surface area (Å²) in [4.78, 5) is 0.333. The van der Waals surface area contributed by atoms with Crippen LogP contribution in [-0.2, 0) is 9.84 Å². The van der Waals surface area contributed by atoms with Gasteiger partial charge in [0.2, 0.25) is 0 Å². The Hall–Kier alpha value is -0.450. The molecule has 1 aromatic rings. The summed E-state index contributed by atoms with van der Waals surface area (Å²) in [5, 5.41) is 3.28.